The van der Waals surface area contributed by atoms with E-state index in [-0.39, 0.29) is 0 Å². The van der Waals surface area contributed by atoms with Crippen LogP contribution in [0, 0.1) is 0 Å². The fraction of sp³-hybridized carbons (Fsp3) is 0. The van der Waals surface area contributed by atoms with Crippen LogP contribution in [-0.2, 0) is 0 Å². The molecule has 1 aromatic heterocycles. The molecule has 0 saturated heterocycles. The van der Waals surface area contributed by atoms with E-state index in [4.69, 9.17) is 19.7 Å². The predicted molar refractivity (Wildman–Crippen MR) is 231 cm³/mol. The third-order valence-corrected chi connectivity index (χ3v) is 15.5. The molecule has 8 aromatic carbocycles. The van der Waals surface area contributed by atoms with Gasteiger partial charge in [-0.2, -0.15) is 0 Å². The van der Waals surface area contributed by atoms with Crippen LogP contribution >= 0.6 is 0 Å². The number of para-hydroxylation sites is 2. The van der Waals surface area contributed by atoms with Crippen LogP contribution in [-0.4, -0.2) is 23.0 Å². The highest BCUT2D eigenvalue weighted by molar-refractivity contribution is 7.20. The van der Waals surface area contributed by atoms with Crippen LogP contribution in [0.5, 0.6) is 11.5 Å². The van der Waals surface area contributed by atoms with E-state index < -0.39 is 8.07 Å². The number of ether oxygens (including phenoxy) is 1. The maximum atomic E-state index is 6.99. The van der Waals surface area contributed by atoms with Crippen molar-refractivity contribution in [2.24, 2.45) is 0 Å². The highest BCUT2D eigenvalue weighted by atomic mass is 28.3. The Bertz CT molecular complexity index is 2730. The molecule has 0 atom stereocenters. The van der Waals surface area contributed by atoms with Gasteiger partial charge in [-0.15, -0.1) is 0 Å². The van der Waals surface area contributed by atoms with E-state index in [0.29, 0.717) is 17.5 Å². The monoisotopic (exact) mass is 733 g/mol. The van der Waals surface area contributed by atoms with Crippen LogP contribution in [0.3, 0.4) is 0 Å². The van der Waals surface area contributed by atoms with E-state index in [9.17, 15) is 0 Å². The zero-order valence-corrected chi connectivity index (χ0v) is 31.5. The summed E-state index contributed by atoms with van der Waals surface area (Å²) in [5, 5.41) is 5.17. The van der Waals surface area contributed by atoms with E-state index in [2.05, 4.69) is 152 Å². The second-order valence-electron chi connectivity index (χ2n) is 14.0. The lowest BCUT2D eigenvalue weighted by Gasteiger charge is -2.40. The minimum atomic E-state index is -2.77. The van der Waals surface area contributed by atoms with Gasteiger partial charge < -0.3 is 4.74 Å². The first-order valence-corrected chi connectivity index (χ1v) is 20.9. The number of hydrogen-bond donors (Lipinski definition) is 0. The number of aromatic nitrogens is 3. The fourth-order valence-electron chi connectivity index (χ4n) is 8.10. The Kier molecular flexibility index (Phi) is 8.47. The number of nitrogens with zero attached hydrogens (tertiary/aromatic N) is 3. The van der Waals surface area contributed by atoms with Gasteiger partial charge in [-0.05, 0) is 55.6 Å². The van der Waals surface area contributed by atoms with E-state index in [1.807, 2.05) is 60.7 Å². The molecule has 264 valence electrons. The quantitative estimate of drug-likeness (QED) is 0.153. The predicted octanol–water partition coefficient (Wildman–Crippen LogP) is 9.69. The van der Waals surface area contributed by atoms with Crippen LogP contribution in [0.2, 0.25) is 0 Å². The second kappa shape index (κ2) is 14.2. The molecule has 0 saturated carbocycles. The van der Waals surface area contributed by atoms with Crippen molar-refractivity contribution in [2.45, 2.75) is 0 Å². The van der Waals surface area contributed by atoms with Gasteiger partial charge in [0, 0.05) is 22.3 Å². The lowest BCUT2D eigenvalue weighted by molar-refractivity contribution is 0.489. The van der Waals surface area contributed by atoms with Crippen LogP contribution in [0.1, 0.15) is 0 Å². The summed E-state index contributed by atoms with van der Waals surface area (Å²) in [6.45, 7) is 0. The molecule has 2 heterocycles. The lowest BCUT2D eigenvalue weighted by Crippen LogP contribution is -2.76. The third kappa shape index (κ3) is 5.82. The highest BCUT2D eigenvalue weighted by Gasteiger charge is 2.48. The molecule has 10 rings (SSSR count). The van der Waals surface area contributed by atoms with Gasteiger partial charge in [-0.25, -0.2) is 15.0 Å². The van der Waals surface area contributed by atoms with Crippen molar-refractivity contribution in [3.63, 3.8) is 0 Å². The Morgan fingerprint density at radius 2 is 0.732 bits per heavy atom. The summed E-state index contributed by atoms with van der Waals surface area (Å²) in [5.41, 5.74) is 7.12. The molecule has 0 unspecified atom stereocenters. The van der Waals surface area contributed by atoms with Crippen molar-refractivity contribution >= 4 is 28.8 Å². The molecular formula is C51H35N3OSi. The minimum absolute atomic E-state index is 0.628. The van der Waals surface area contributed by atoms with Gasteiger partial charge in [0.05, 0.1) is 0 Å². The van der Waals surface area contributed by atoms with Gasteiger partial charge in [0.15, 0.2) is 25.5 Å². The van der Waals surface area contributed by atoms with Crippen molar-refractivity contribution in [3.8, 4) is 67.9 Å². The first kappa shape index (κ1) is 33.4. The summed E-state index contributed by atoms with van der Waals surface area (Å²) in [6, 6.07) is 74.7. The molecule has 1 aliphatic rings. The highest BCUT2D eigenvalue weighted by Crippen LogP contribution is 2.39. The normalized spacial score (nSPS) is 12.6. The number of rotatable bonds is 7. The van der Waals surface area contributed by atoms with Crippen LogP contribution in [0.15, 0.2) is 212 Å². The lowest BCUT2D eigenvalue weighted by atomic mass is 9.97. The molecule has 0 spiro atoms. The molecule has 5 heteroatoms. The molecule has 0 fully saturated rings. The maximum absolute atomic E-state index is 6.99. The zero-order valence-electron chi connectivity index (χ0n) is 30.5. The molecule has 1 aliphatic heterocycles. The van der Waals surface area contributed by atoms with Crippen LogP contribution < -0.4 is 25.5 Å². The minimum Gasteiger partial charge on any atom is -0.457 e. The van der Waals surface area contributed by atoms with Gasteiger partial charge in [0.1, 0.15) is 11.5 Å². The number of fused-ring (bicyclic) bond motifs is 2. The largest absolute Gasteiger partial charge is 0.457 e. The van der Waals surface area contributed by atoms with Gasteiger partial charge in [0.2, 0.25) is 0 Å². The van der Waals surface area contributed by atoms with Crippen molar-refractivity contribution in [1.82, 2.24) is 15.0 Å². The standard InChI is InChI=1S/C51H35N3OSi/c1-5-18-36(19-6-1)49-52-50(37-20-7-2-8-21-37)54-51(53-49)41-25-16-23-39(35-41)38-22-15-24-40(34-38)44-30-17-33-47-48(44)55-45-31-13-14-32-46(45)56(47,42-26-9-3-10-27-42)43-28-11-4-12-29-43/h1-35H. The Hall–Kier alpha value is -7.21. The molecule has 0 bridgehead atoms. The average Bonchev–Trinajstić information content (AvgIpc) is 3.29. The van der Waals surface area contributed by atoms with Crippen molar-refractivity contribution < 1.29 is 4.74 Å². The molecule has 4 nitrogen and oxygen atoms in total. The summed E-state index contributed by atoms with van der Waals surface area (Å²) in [5.74, 6) is 3.75. The molecule has 0 N–H and O–H groups in total. The molecule has 0 aliphatic carbocycles. The summed E-state index contributed by atoms with van der Waals surface area (Å²) in [4.78, 5) is 14.9. The maximum Gasteiger partial charge on any atom is 0.188 e. The molecule has 9 aromatic rings. The number of hydrogen-bond acceptors (Lipinski definition) is 4. The smallest absolute Gasteiger partial charge is 0.188 e. The Morgan fingerprint density at radius 3 is 1.32 bits per heavy atom. The van der Waals surface area contributed by atoms with Crippen LogP contribution in [0.4, 0.5) is 0 Å². The third-order valence-electron chi connectivity index (χ3n) is 10.7. The van der Waals surface area contributed by atoms with E-state index in [0.717, 1.165) is 50.4 Å². The van der Waals surface area contributed by atoms with Gasteiger partial charge in [-0.1, -0.05) is 194 Å². The van der Waals surface area contributed by atoms with E-state index in [1.54, 1.807) is 0 Å². The van der Waals surface area contributed by atoms with E-state index >= 15 is 0 Å². The summed E-state index contributed by atoms with van der Waals surface area (Å²) < 4.78 is 6.99. The Morgan fingerprint density at radius 1 is 0.321 bits per heavy atom. The average molecular weight is 734 g/mol. The Labute approximate surface area is 327 Å². The molecule has 0 radical (unpaired) electrons. The first-order chi connectivity index (χ1) is 27.8. The van der Waals surface area contributed by atoms with Crippen molar-refractivity contribution in [2.75, 3.05) is 0 Å². The Balaban J connectivity index is 1.10. The summed E-state index contributed by atoms with van der Waals surface area (Å²) >= 11 is 0. The van der Waals surface area contributed by atoms with Crippen molar-refractivity contribution in [1.29, 1.82) is 0 Å². The van der Waals surface area contributed by atoms with Gasteiger partial charge in [0.25, 0.3) is 0 Å². The SMILES string of the molecule is c1ccc(-c2nc(-c3ccccc3)nc(-c3cccc(-c4cccc(-c5cccc6c5Oc5ccccc5[Si]6(c5ccccc5)c5ccccc5)c4)c3)n2)cc1. The topological polar surface area (TPSA) is 47.9 Å². The molecular weight excluding hydrogens is 699 g/mol. The molecule has 56 heavy (non-hydrogen) atoms. The fourth-order valence-corrected chi connectivity index (χ4v) is 13.1. The van der Waals surface area contributed by atoms with Crippen molar-refractivity contribution in [3.05, 3.63) is 212 Å². The second-order valence-corrected chi connectivity index (χ2v) is 17.7. The summed E-state index contributed by atoms with van der Waals surface area (Å²) in [7, 11) is -2.77. The zero-order chi connectivity index (χ0) is 37.3. The first-order valence-electron chi connectivity index (χ1n) is 18.9. The van der Waals surface area contributed by atoms with Gasteiger partial charge in [-0.3, -0.25) is 0 Å². The van der Waals surface area contributed by atoms with Gasteiger partial charge >= 0.3 is 0 Å². The van der Waals surface area contributed by atoms with E-state index in [1.165, 1.54) is 20.7 Å². The van der Waals surface area contributed by atoms with Crippen LogP contribution in [0.25, 0.3) is 56.4 Å². The summed E-state index contributed by atoms with van der Waals surface area (Å²) in [6.07, 6.45) is 0. The molecule has 0 amide bonds. The number of benzene rings is 8.